The molecule has 0 amide bonds. The first-order valence-corrected chi connectivity index (χ1v) is 5.84. The molecule has 1 saturated heterocycles. The van der Waals surface area contributed by atoms with Gasteiger partial charge in [-0.3, -0.25) is 0 Å². The third-order valence-electron chi connectivity index (χ3n) is 3.11. The fourth-order valence-corrected chi connectivity index (χ4v) is 2.32. The van der Waals surface area contributed by atoms with Gasteiger partial charge in [0.05, 0.1) is 11.7 Å². The lowest BCUT2D eigenvalue weighted by Gasteiger charge is -2.37. The van der Waals surface area contributed by atoms with E-state index in [0.717, 1.165) is 6.42 Å². The fraction of sp³-hybridized carbons (Fsp3) is 0.846. The van der Waals surface area contributed by atoms with E-state index in [0.29, 0.717) is 6.10 Å². The van der Waals surface area contributed by atoms with E-state index in [-0.39, 0.29) is 5.60 Å². The summed E-state index contributed by atoms with van der Waals surface area (Å²) in [4.78, 5) is 0. The van der Waals surface area contributed by atoms with Gasteiger partial charge in [-0.15, -0.1) is 6.58 Å². The molecule has 0 unspecified atom stereocenters. The first-order valence-electron chi connectivity index (χ1n) is 5.84. The van der Waals surface area contributed by atoms with Crippen molar-refractivity contribution in [2.24, 2.45) is 0 Å². The summed E-state index contributed by atoms with van der Waals surface area (Å²) in [6.07, 6.45) is 7.79. The summed E-state index contributed by atoms with van der Waals surface area (Å²) in [6, 6.07) is 0. The molecule has 0 aromatic heterocycles. The lowest BCUT2D eigenvalue weighted by molar-refractivity contribution is -0.114. The van der Waals surface area contributed by atoms with Gasteiger partial charge in [-0.1, -0.05) is 5.57 Å². The number of rotatable bonds is 4. The van der Waals surface area contributed by atoms with Crippen molar-refractivity contribution >= 4 is 0 Å². The maximum absolute atomic E-state index is 6.03. The third kappa shape index (κ3) is 3.83. The van der Waals surface area contributed by atoms with Crippen LogP contribution < -0.4 is 0 Å². The lowest BCUT2D eigenvalue weighted by atomic mass is 9.88. The first kappa shape index (κ1) is 11.8. The van der Waals surface area contributed by atoms with Gasteiger partial charge in [-0.2, -0.15) is 0 Å². The lowest BCUT2D eigenvalue weighted by Crippen LogP contribution is -2.36. The van der Waals surface area contributed by atoms with Crippen LogP contribution in [-0.2, 0) is 4.74 Å². The van der Waals surface area contributed by atoms with E-state index in [1.165, 1.54) is 37.7 Å². The second-order valence-electron chi connectivity index (χ2n) is 5.08. The van der Waals surface area contributed by atoms with E-state index < -0.39 is 0 Å². The topological polar surface area (TPSA) is 9.23 Å². The van der Waals surface area contributed by atoms with Gasteiger partial charge in [0, 0.05) is 0 Å². The summed E-state index contributed by atoms with van der Waals surface area (Å²) in [5.41, 5.74) is 1.44. The Bertz CT molecular complexity index is 197. The second kappa shape index (κ2) is 4.97. The summed E-state index contributed by atoms with van der Waals surface area (Å²) in [5.74, 6) is 0. The normalized spacial score (nSPS) is 32.9. The molecular formula is C13H24O. The van der Waals surface area contributed by atoms with Crippen molar-refractivity contribution in [3.8, 4) is 0 Å². The van der Waals surface area contributed by atoms with Crippen LogP contribution in [0.3, 0.4) is 0 Å². The molecule has 0 aromatic rings. The van der Waals surface area contributed by atoms with E-state index in [4.69, 9.17) is 4.74 Å². The highest BCUT2D eigenvalue weighted by Gasteiger charge is 2.30. The van der Waals surface area contributed by atoms with Crippen LogP contribution in [0.2, 0.25) is 0 Å². The Morgan fingerprint density at radius 3 is 2.86 bits per heavy atom. The monoisotopic (exact) mass is 196 g/mol. The highest BCUT2D eigenvalue weighted by molar-refractivity contribution is 4.89. The van der Waals surface area contributed by atoms with E-state index in [2.05, 4.69) is 27.4 Å². The average Bonchev–Trinajstić information content (AvgIpc) is 2.01. The Kier molecular flexibility index (Phi) is 4.18. The SMILES string of the molecule is C=C(C)CCC[C@@]1(C)CCC[C@H](C)O1. The van der Waals surface area contributed by atoms with Crippen molar-refractivity contribution in [3.05, 3.63) is 12.2 Å². The molecule has 1 fully saturated rings. The summed E-state index contributed by atoms with van der Waals surface area (Å²) in [7, 11) is 0. The number of ether oxygens (including phenoxy) is 1. The molecule has 0 saturated carbocycles. The van der Waals surface area contributed by atoms with Crippen LogP contribution in [-0.4, -0.2) is 11.7 Å². The van der Waals surface area contributed by atoms with Crippen LogP contribution >= 0.6 is 0 Å². The van der Waals surface area contributed by atoms with Crippen LogP contribution in [0, 0.1) is 0 Å². The van der Waals surface area contributed by atoms with Crippen LogP contribution in [0.4, 0.5) is 0 Å². The minimum atomic E-state index is 0.146. The Labute approximate surface area is 88.5 Å². The number of allylic oxidation sites excluding steroid dienone is 1. The molecule has 1 nitrogen and oxygen atoms in total. The van der Waals surface area contributed by atoms with Crippen LogP contribution in [0.1, 0.15) is 59.3 Å². The zero-order valence-corrected chi connectivity index (χ0v) is 9.94. The van der Waals surface area contributed by atoms with Crippen molar-refractivity contribution in [2.75, 3.05) is 0 Å². The van der Waals surface area contributed by atoms with Gasteiger partial charge in [0.2, 0.25) is 0 Å². The zero-order valence-electron chi connectivity index (χ0n) is 9.94. The molecule has 2 atom stereocenters. The predicted molar refractivity (Wildman–Crippen MR) is 61.5 cm³/mol. The van der Waals surface area contributed by atoms with Gasteiger partial charge in [-0.05, 0) is 59.3 Å². The first-order chi connectivity index (χ1) is 6.52. The Hall–Kier alpha value is -0.300. The highest BCUT2D eigenvalue weighted by Crippen LogP contribution is 2.32. The maximum atomic E-state index is 6.03. The van der Waals surface area contributed by atoms with Gasteiger partial charge < -0.3 is 4.74 Å². The molecule has 0 aromatic carbocycles. The van der Waals surface area contributed by atoms with Gasteiger partial charge in [0.15, 0.2) is 0 Å². The van der Waals surface area contributed by atoms with E-state index in [9.17, 15) is 0 Å². The van der Waals surface area contributed by atoms with E-state index >= 15 is 0 Å². The standard InChI is InChI=1S/C13H24O/c1-11(2)7-5-9-13(4)10-6-8-12(3)14-13/h12H,1,5-10H2,2-4H3/t12-,13-/m0/s1. The van der Waals surface area contributed by atoms with Gasteiger partial charge in [0.1, 0.15) is 0 Å². The van der Waals surface area contributed by atoms with Crippen molar-refractivity contribution in [1.82, 2.24) is 0 Å². The molecule has 1 rings (SSSR count). The van der Waals surface area contributed by atoms with Crippen LogP contribution in [0.5, 0.6) is 0 Å². The van der Waals surface area contributed by atoms with Crippen molar-refractivity contribution in [3.63, 3.8) is 0 Å². The second-order valence-corrected chi connectivity index (χ2v) is 5.08. The molecule has 1 aliphatic heterocycles. The molecule has 1 heteroatoms. The molecule has 0 spiro atoms. The predicted octanol–water partition coefficient (Wildman–Crippen LogP) is 4.08. The zero-order chi connectivity index (χ0) is 10.6. The molecule has 1 aliphatic rings. The van der Waals surface area contributed by atoms with Crippen LogP contribution in [0.25, 0.3) is 0 Å². The Morgan fingerprint density at radius 1 is 1.57 bits per heavy atom. The molecule has 0 N–H and O–H groups in total. The van der Waals surface area contributed by atoms with Gasteiger partial charge in [-0.25, -0.2) is 0 Å². The maximum Gasteiger partial charge on any atom is 0.0658 e. The van der Waals surface area contributed by atoms with Crippen LogP contribution in [0.15, 0.2) is 12.2 Å². The molecule has 0 bridgehead atoms. The average molecular weight is 196 g/mol. The van der Waals surface area contributed by atoms with E-state index in [1.54, 1.807) is 0 Å². The molecule has 14 heavy (non-hydrogen) atoms. The molecule has 0 radical (unpaired) electrons. The Balaban J connectivity index is 2.29. The third-order valence-corrected chi connectivity index (χ3v) is 3.11. The quantitative estimate of drug-likeness (QED) is 0.616. The van der Waals surface area contributed by atoms with Gasteiger partial charge in [0.25, 0.3) is 0 Å². The minimum absolute atomic E-state index is 0.146. The fourth-order valence-electron chi connectivity index (χ4n) is 2.32. The number of hydrogen-bond acceptors (Lipinski definition) is 1. The molecule has 1 heterocycles. The number of hydrogen-bond donors (Lipinski definition) is 0. The van der Waals surface area contributed by atoms with E-state index in [1.807, 2.05) is 0 Å². The van der Waals surface area contributed by atoms with Crippen molar-refractivity contribution < 1.29 is 4.74 Å². The van der Waals surface area contributed by atoms with Gasteiger partial charge >= 0.3 is 0 Å². The summed E-state index contributed by atoms with van der Waals surface area (Å²) >= 11 is 0. The summed E-state index contributed by atoms with van der Waals surface area (Å²) in [6.45, 7) is 10.5. The minimum Gasteiger partial charge on any atom is -0.372 e. The summed E-state index contributed by atoms with van der Waals surface area (Å²) in [5, 5.41) is 0. The molecule has 82 valence electrons. The highest BCUT2D eigenvalue weighted by atomic mass is 16.5. The summed E-state index contributed by atoms with van der Waals surface area (Å²) < 4.78 is 6.03. The Morgan fingerprint density at radius 2 is 2.29 bits per heavy atom. The largest absolute Gasteiger partial charge is 0.372 e. The van der Waals surface area contributed by atoms with Crippen molar-refractivity contribution in [1.29, 1.82) is 0 Å². The molecular weight excluding hydrogens is 172 g/mol. The molecule has 0 aliphatic carbocycles. The van der Waals surface area contributed by atoms with Crippen molar-refractivity contribution in [2.45, 2.75) is 71.0 Å². The smallest absolute Gasteiger partial charge is 0.0658 e.